The summed E-state index contributed by atoms with van der Waals surface area (Å²) in [4.78, 5) is 27.5. The third kappa shape index (κ3) is 3.74. The van der Waals surface area contributed by atoms with Crippen LogP contribution in [0.15, 0.2) is 35.6 Å². The van der Waals surface area contributed by atoms with Gasteiger partial charge in [-0.25, -0.2) is 4.79 Å². The maximum Gasteiger partial charge on any atom is 0.321 e. The molecule has 3 aromatic rings. The highest BCUT2D eigenvalue weighted by atomic mass is 32.2. The molecule has 150 valence electrons. The molecule has 2 aliphatic carbocycles. The van der Waals surface area contributed by atoms with Gasteiger partial charge in [0, 0.05) is 34.7 Å². The highest BCUT2D eigenvalue weighted by Gasteiger charge is 2.32. The van der Waals surface area contributed by atoms with Crippen LogP contribution in [0.4, 0.5) is 4.79 Å². The summed E-state index contributed by atoms with van der Waals surface area (Å²) in [5, 5.41) is 15.4. The molecule has 9 heteroatoms. The Hall–Kier alpha value is -2.81. The average molecular weight is 411 g/mol. The Labute approximate surface area is 171 Å². The molecule has 5 rings (SSSR count). The summed E-state index contributed by atoms with van der Waals surface area (Å²) in [5.41, 5.74) is 2.06. The van der Waals surface area contributed by atoms with Crippen molar-refractivity contribution < 1.29 is 9.59 Å². The van der Waals surface area contributed by atoms with Gasteiger partial charge in [-0.2, -0.15) is 0 Å². The largest absolute Gasteiger partial charge is 0.360 e. The van der Waals surface area contributed by atoms with Gasteiger partial charge in [-0.1, -0.05) is 30.0 Å². The van der Waals surface area contributed by atoms with Crippen molar-refractivity contribution in [2.45, 2.75) is 55.1 Å². The first kappa shape index (κ1) is 18.2. The number of carbonyl (C=O) groups is 2. The third-order valence-corrected chi connectivity index (χ3v) is 6.26. The van der Waals surface area contributed by atoms with Gasteiger partial charge in [-0.15, -0.1) is 10.2 Å². The first-order valence-corrected chi connectivity index (χ1v) is 10.8. The summed E-state index contributed by atoms with van der Waals surface area (Å²) in [6.07, 6.45) is 6.07. The number of hydrogen-bond acceptors (Lipinski definition) is 5. The minimum Gasteiger partial charge on any atom is -0.360 e. The zero-order valence-electron chi connectivity index (χ0n) is 16.0. The van der Waals surface area contributed by atoms with E-state index >= 15 is 0 Å². The number of carbonyl (C=O) groups excluding carboxylic acids is 2. The summed E-state index contributed by atoms with van der Waals surface area (Å²) < 4.78 is 2.13. The highest BCUT2D eigenvalue weighted by Crippen LogP contribution is 2.42. The summed E-state index contributed by atoms with van der Waals surface area (Å²) in [7, 11) is 0. The lowest BCUT2D eigenvalue weighted by molar-refractivity contribution is -0.119. The Balaban J connectivity index is 1.37. The number of aromatic nitrogens is 4. The van der Waals surface area contributed by atoms with Crippen LogP contribution in [-0.2, 0) is 4.79 Å². The molecular weight excluding hydrogens is 388 g/mol. The maximum atomic E-state index is 12.4. The fourth-order valence-corrected chi connectivity index (χ4v) is 4.25. The molecule has 2 aromatic heterocycles. The number of rotatable bonds is 6. The van der Waals surface area contributed by atoms with Crippen LogP contribution in [0, 0.1) is 0 Å². The van der Waals surface area contributed by atoms with Crippen molar-refractivity contribution in [2.75, 3.05) is 0 Å². The lowest BCUT2D eigenvalue weighted by Gasteiger charge is -2.13. The van der Waals surface area contributed by atoms with E-state index in [1.807, 2.05) is 24.4 Å². The zero-order valence-corrected chi connectivity index (χ0v) is 16.8. The number of para-hydroxylation sites is 1. The standard InChI is InChI=1S/C20H22N6O2S/c1-11(18(27)23-19(28)22-12-6-7-12)29-20-25-24-17(26(20)13-8-9-13)15-10-21-16-5-3-2-4-14(15)16/h2-5,10-13,21H,6-9H2,1H3,(H2,22,23,27,28). The van der Waals surface area contributed by atoms with E-state index in [0.29, 0.717) is 11.2 Å². The van der Waals surface area contributed by atoms with E-state index in [1.54, 1.807) is 6.92 Å². The first-order chi connectivity index (χ1) is 14.1. The number of benzene rings is 1. The predicted octanol–water partition coefficient (Wildman–Crippen LogP) is 3.23. The normalized spacial score (nSPS) is 17.3. The van der Waals surface area contributed by atoms with Gasteiger partial charge in [0.15, 0.2) is 11.0 Å². The molecule has 3 N–H and O–H groups in total. The van der Waals surface area contributed by atoms with Gasteiger partial charge in [0.05, 0.1) is 5.25 Å². The van der Waals surface area contributed by atoms with Gasteiger partial charge in [0.2, 0.25) is 5.91 Å². The van der Waals surface area contributed by atoms with Gasteiger partial charge >= 0.3 is 6.03 Å². The van der Waals surface area contributed by atoms with Gasteiger partial charge in [-0.05, 0) is 38.7 Å². The van der Waals surface area contributed by atoms with Crippen molar-refractivity contribution in [2.24, 2.45) is 0 Å². The Morgan fingerprint density at radius 2 is 2.00 bits per heavy atom. The smallest absolute Gasteiger partial charge is 0.321 e. The molecule has 0 saturated heterocycles. The summed E-state index contributed by atoms with van der Waals surface area (Å²) in [5.74, 6) is 0.485. The van der Waals surface area contributed by atoms with E-state index in [0.717, 1.165) is 48.0 Å². The number of amides is 3. The fraction of sp³-hybridized carbons (Fsp3) is 0.400. The first-order valence-electron chi connectivity index (χ1n) is 9.89. The topological polar surface area (TPSA) is 105 Å². The van der Waals surface area contributed by atoms with Crippen LogP contribution in [0.25, 0.3) is 22.3 Å². The Morgan fingerprint density at radius 1 is 1.21 bits per heavy atom. The number of nitrogens with one attached hydrogen (secondary N) is 3. The predicted molar refractivity (Wildman–Crippen MR) is 111 cm³/mol. The molecule has 0 spiro atoms. The zero-order chi connectivity index (χ0) is 20.0. The van der Waals surface area contributed by atoms with Crippen molar-refractivity contribution in [1.29, 1.82) is 0 Å². The van der Waals surface area contributed by atoms with Crippen molar-refractivity contribution in [3.05, 3.63) is 30.5 Å². The number of hydrogen-bond donors (Lipinski definition) is 3. The second kappa shape index (κ2) is 7.22. The van der Waals surface area contributed by atoms with Crippen molar-refractivity contribution >= 4 is 34.6 Å². The van der Waals surface area contributed by atoms with Gasteiger partial charge in [-0.3, -0.25) is 14.7 Å². The van der Waals surface area contributed by atoms with Crippen LogP contribution < -0.4 is 10.6 Å². The Bertz CT molecular complexity index is 1080. The van der Waals surface area contributed by atoms with Crippen molar-refractivity contribution in [3.8, 4) is 11.4 Å². The average Bonchev–Trinajstić information content (AvgIpc) is 3.63. The Morgan fingerprint density at radius 3 is 2.76 bits per heavy atom. The number of H-pyrrole nitrogens is 1. The molecule has 8 nitrogen and oxygen atoms in total. The second-order valence-corrected chi connectivity index (χ2v) is 8.96. The summed E-state index contributed by atoms with van der Waals surface area (Å²) in [6, 6.07) is 8.24. The third-order valence-electron chi connectivity index (χ3n) is 5.21. The van der Waals surface area contributed by atoms with Crippen LogP contribution in [0.1, 0.15) is 38.6 Å². The van der Waals surface area contributed by atoms with Crippen LogP contribution in [0.2, 0.25) is 0 Å². The Kier molecular flexibility index (Phi) is 4.54. The van der Waals surface area contributed by atoms with Gasteiger partial charge < -0.3 is 10.3 Å². The molecule has 2 heterocycles. The van der Waals surface area contributed by atoms with Crippen molar-refractivity contribution in [3.63, 3.8) is 0 Å². The van der Waals surface area contributed by atoms with Crippen LogP contribution in [0.5, 0.6) is 0 Å². The summed E-state index contributed by atoms with van der Waals surface area (Å²) >= 11 is 1.33. The van der Waals surface area contributed by atoms with E-state index in [4.69, 9.17) is 0 Å². The molecule has 2 fully saturated rings. The van der Waals surface area contributed by atoms with E-state index < -0.39 is 11.3 Å². The molecule has 1 unspecified atom stereocenters. The molecule has 29 heavy (non-hydrogen) atoms. The number of imide groups is 1. The molecule has 2 aliphatic rings. The molecule has 2 saturated carbocycles. The lowest BCUT2D eigenvalue weighted by atomic mass is 10.1. The fourth-order valence-electron chi connectivity index (χ4n) is 3.33. The van der Waals surface area contributed by atoms with Crippen LogP contribution in [-0.4, -0.2) is 43.0 Å². The lowest BCUT2D eigenvalue weighted by Crippen LogP contribution is -2.43. The number of aromatic amines is 1. The van der Waals surface area contributed by atoms with E-state index in [9.17, 15) is 9.59 Å². The van der Waals surface area contributed by atoms with Crippen molar-refractivity contribution in [1.82, 2.24) is 30.4 Å². The van der Waals surface area contributed by atoms with E-state index in [2.05, 4.69) is 36.4 Å². The summed E-state index contributed by atoms with van der Waals surface area (Å²) in [6.45, 7) is 1.78. The molecule has 1 aromatic carbocycles. The minimum atomic E-state index is -0.461. The van der Waals surface area contributed by atoms with Gasteiger partial charge in [0.25, 0.3) is 0 Å². The molecule has 0 radical (unpaired) electrons. The van der Waals surface area contributed by atoms with Crippen LogP contribution in [0.3, 0.4) is 0 Å². The molecule has 3 amide bonds. The number of fused-ring (bicyclic) bond motifs is 1. The molecule has 1 atom stereocenters. The van der Waals surface area contributed by atoms with E-state index in [-0.39, 0.29) is 11.9 Å². The van der Waals surface area contributed by atoms with Gasteiger partial charge in [0.1, 0.15) is 0 Å². The number of urea groups is 1. The molecule has 0 aliphatic heterocycles. The van der Waals surface area contributed by atoms with E-state index in [1.165, 1.54) is 11.8 Å². The molecule has 0 bridgehead atoms. The molecular formula is C20H22N6O2S. The monoisotopic (exact) mass is 410 g/mol. The number of thioether (sulfide) groups is 1. The maximum absolute atomic E-state index is 12.4. The van der Waals surface area contributed by atoms with Crippen LogP contribution >= 0.6 is 11.8 Å². The highest BCUT2D eigenvalue weighted by molar-refractivity contribution is 8.00. The SMILES string of the molecule is CC(Sc1nnc(-c2c[nH]c3ccccc23)n1C1CC1)C(=O)NC(=O)NC1CC1. The minimum absolute atomic E-state index is 0.211. The number of nitrogens with zero attached hydrogens (tertiary/aromatic N) is 3. The quantitative estimate of drug-likeness (QED) is 0.541. The second-order valence-electron chi connectivity index (χ2n) is 7.65.